The molecule has 6 N–H and O–H groups in total. The summed E-state index contributed by atoms with van der Waals surface area (Å²) in [6.45, 7) is 4.37. The maximum Gasteiger partial charge on any atom is 0.303 e. The number of halogens is 2. The monoisotopic (exact) mass is 820 g/mol. The van der Waals surface area contributed by atoms with Crippen molar-refractivity contribution in [3.05, 3.63) is 95.8 Å². The molecule has 0 spiro atoms. The van der Waals surface area contributed by atoms with Crippen molar-refractivity contribution in [2.24, 2.45) is 11.1 Å². The maximum atomic E-state index is 15.1. The summed E-state index contributed by atoms with van der Waals surface area (Å²) < 4.78 is 31.2. The number of carboxylic acid groups (broad SMARTS) is 1. The summed E-state index contributed by atoms with van der Waals surface area (Å²) in [5, 5.41) is 24.3. The zero-order chi connectivity index (χ0) is 43.4. The molecule has 1 aromatic heterocycles. The number of nitrogens with two attached hydrogens (primary N) is 1. The van der Waals surface area contributed by atoms with Crippen LogP contribution < -0.4 is 16.4 Å². The number of amides is 5. The van der Waals surface area contributed by atoms with Gasteiger partial charge in [-0.25, -0.2) is 8.78 Å². The van der Waals surface area contributed by atoms with Gasteiger partial charge < -0.3 is 36.0 Å². The second-order valence-electron chi connectivity index (χ2n) is 15.3. The number of carbonyl (C=O) groups excluding carboxylic acids is 6. The van der Waals surface area contributed by atoms with Crippen molar-refractivity contribution in [3.63, 3.8) is 0 Å². The van der Waals surface area contributed by atoms with Crippen LogP contribution in [0.2, 0.25) is 0 Å². The van der Waals surface area contributed by atoms with Gasteiger partial charge in [0.2, 0.25) is 17.7 Å². The zero-order valence-electron chi connectivity index (χ0n) is 33.2. The van der Waals surface area contributed by atoms with Gasteiger partial charge in [0.1, 0.15) is 24.8 Å². The van der Waals surface area contributed by atoms with E-state index in [0.717, 1.165) is 35.9 Å². The highest BCUT2D eigenvalue weighted by molar-refractivity contribution is 6.14. The number of ketones is 1. The lowest BCUT2D eigenvalue weighted by molar-refractivity contribution is -0.141. The molecule has 3 atom stereocenters. The topological polar surface area (TPSA) is 221 Å². The van der Waals surface area contributed by atoms with Crippen LogP contribution in [0.4, 0.5) is 8.78 Å². The summed E-state index contributed by atoms with van der Waals surface area (Å²) in [6.07, 6.45) is 2.88. The Morgan fingerprint density at radius 3 is 2.24 bits per heavy atom. The number of aliphatic hydroxyl groups excluding tert-OH is 1. The number of aromatic nitrogens is 1. The maximum absolute atomic E-state index is 15.1. The van der Waals surface area contributed by atoms with E-state index >= 15 is 4.39 Å². The van der Waals surface area contributed by atoms with Gasteiger partial charge in [0, 0.05) is 67.6 Å². The molecule has 15 nitrogen and oxygen atoms in total. The quantitative estimate of drug-likeness (QED) is 0.0781. The Kier molecular flexibility index (Phi) is 15.9. The van der Waals surface area contributed by atoms with E-state index in [9.17, 15) is 43.1 Å². The number of aliphatic carboxylic acids is 1. The van der Waals surface area contributed by atoms with E-state index in [4.69, 9.17) is 10.8 Å². The van der Waals surface area contributed by atoms with Crippen molar-refractivity contribution in [1.82, 2.24) is 25.0 Å². The highest BCUT2D eigenvalue weighted by Crippen LogP contribution is 2.41. The van der Waals surface area contributed by atoms with E-state index in [0.29, 0.717) is 22.7 Å². The summed E-state index contributed by atoms with van der Waals surface area (Å²) in [4.78, 5) is 89.1. The molecule has 5 amide bonds. The van der Waals surface area contributed by atoms with E-state index in [2.05, 4.69) is 10.6 Å². The van der Waals surface area contributed by atoms with Gasteiger partial charge in [0.15, 0.2) is 5.78 Å². The van der Waals surface area contributed by atoms with E-state index in [-0.39, 0.29) is 44.3 Å². The Morgan fingerprint density at radius 2 is 1.61 bits per heavy atom. The minimum absolute atomic E-state index is 0.0172. The fraction of sp³-hybridized carbons (Fsp3) is 0.405. The van der Waals surface area contributed by atoms with Crippen molar-refractivity contribution in [1.29, 1.82) is 0 Å². The molecule has 2 heterocycles. The first kappa shape index (κ1) is 45.6. The number of nitrogens with zero attached hydrogens (tertiary/aromatic N) is 3. The standard InChI is InChI=1S/C42H50F2N6O9/c1-42(2,3)40(33-20-27(29-21-28(43)11-12-30(29)44)23-48(33)22-26-8-5-4-6-9-26)49(38(56)25-51)19-17-31(45)41(59)46-18-7-10-34(52)32(13-16-39(57)58)47-35(53)24-50-36(54)14-15-37(50)55/h4-6,8-9,11-12,14-15,20-21,23,31-32,40,51H,7,10,13,16-19,22,24-25,45H2,1-3H3,(H,46,59)(H,47,53)(H,57,58)/t31-,32+,40-/m0/s1. The predicted octanol–water partition coefficient (Wildman–Crippen LogP) is 2.85. The molecule has 2 aromatic carbocycles. The minimum atomic E-state index is -1.22. The lowest BCUT2D eigenvalue weighted by Crippen LogP contribution is -2.48. The Labute approximate surface area is 340 Å². The number of carboxylic acids is 1. The van der Waals surface area contributed by atoms with Crippen molar-refractivity contribution in [2.75, 3.05) is 26.2 Å². The average molecular weight is 821 g/mol. The van der Waals surface area contributed by atoms with Gasteiger partial charge in [-0.3, -0.25) is 38.5 Å². The van der Waals surface area contributed by atoms with Gasteiger partial charge >= 0.3 is 5.97 Å². The molecule has 0 aliphatic carbocycles. The Hall–Kier alpha value is -6.07. The largest absolute Gasteiger partial charge is 0.481 e. The average Bonchev–Trinajstić information content (AvgIpc) is 3.73. The van der Waals surface area contributed by atoms with Crippen LogP contribution in [0.25, 0.3) is 11.1 Å². The smallest absolute Gasteiger partial charge is 0.303 e. The van der Waals surface area contributed by atoms with Crippen LogP contribution in [0.5, 0.6) is 0 Å². The number of aliphatic hydroxyl groups is 1. The van der Waals surface area contributed by atoms with Gasteiger partial charge in [0.05, 0.1) is 18.1 Å². The van der Waals surface area contributed by atoms with Crippen LogP contribution in [-0.2, 0) is 40.1 Å². The normalized spacial score (nSPS) is 14.2. The fourth-order valence-electron chi connectivity index (χ4n) is 6.84. The zero-order valence-corrected chi connectivity index (χ0v) is 33.2. The molecule has 0 saturated heterocycles. The molecule has 4 rings (SSSR count). The van der Waals surface area contributed by atoms with Crippen LogP contribution in [0.15, 0.2) is 72.9 Å². The molecule has 0 saturated carbocycles. The van der Waals surface area contributed by atoms with Gasteiger partial charge in [-0.2, -0.15) is 0 Å². The summed E-state index contributed by atoms with van der Waals surface area (Å²) in [5.41, 5.74) is 7.44. The van der Waals surface area contributed by atoms with E-state index < -0.39 is 96.0 Å². The molecular formula is C42H50F2N6O9. The highest BCUT2D eigenvalue weighted by Gasteiger charge is 2.37. The summed E-state index contributed by atoms with van der Waals surface area (Å²) in [6, 6.07) is 11.1. The summed E-state index contributed by atoms with van der Waals surface area (Å²) in [5.74, 6) is -6.46. The predicted molar refractivity (Wildman–Crippen MR) is 211 cm³/mol. The lowest BCUT2D eigenvalue weighted by atomic mass is 9.82. The van der Waals surface area contributed by atoms with Crippen LogP contribution in [0.1, 0.15) is 70.2 Å². The van der Waals surface area contributed by atoms with Gasteiger partial charge in [-0.15, -0.1) is 0 Å². The Bertz CT molecular complexity index is 2050. The summed E-state index contributed by atoms with van der Waals surface area (Å²) >= 11 is 0. The van der Waals surface area contributed by atoms with Crippen LogP contribution >= 0.6 is 0 Å². The van der Waals surface area contributed by atoms with Crippen molar-refractivity contribution in [2.45, 2.75) is 77.5 Å². The molecule has 0 radical (unpaired) electrons. The van der Waals surface area contributed by atoms with Crippen LogP contribution in [-0.4, -0.2) is 104 Å². The lowest BCUT2D eigenvalue weighted by Gasteiger charge is -2.41. The number of imide groups is 1. The van der Waals surface area contributed by atoms with Crippen molar-refractivity contribution < 1.29 is 52.6 Å². The number of carbonyl (C=O) groups is 7. The van der Waals surface area contributed by atoms with E-state index in [1.807, 2.05) is 55.7 Å². The first-order valence-corrected chi connectivity index (χ1v) is 19.1. The second-order valence-corrected chi connectivity index (χ2v) is 15.3. The number of hydrogen-bond donors (Lipinski definition) is 5. The van der Waals surface area contributed by atoms with E-state index in [1.165, 1.54) is 4.90 Å². The first-order valence-electron chi connectivity index (χ1n) is 19.1. The van der Waals surface area contributed by atoms with Gasteiger partial charge in [-0.1, -0.05) is 51.1 Å². The molecule has 1 aliphatic heterocycles. The molecule has 0 unspecified atom stereocenters. The number of Topliss-reactive ketones (excluding diaryl/α,β-unsaturated/α-hetero) is 1. The van der Waals surface area contributed by atoms with Crippen molar-refractivity contribution in [3.8, 4) is 11.1 Å². The third-order valence-corrected chi connectivity index (χ3v) is 9.72. The molecule has 0 fully saturated rings. The third-order valence-electron chi connectivity index (χ3n) is 9.72. The highest BCUT2D eigenvalue weighted by atomic mass is 19.1. The minimum Gasteiger partial charge on any atom is -0.481 e. The summed E-state index contributed by atoms with van der Waals surface area (Å²) in [7, 11) is 0. The Balaban J connectivity index is 1.44. The number of nitrogens with one attached hydrogen (secondary N) is 2. The molecule has 0 bridgehead atoms. The SMILES string of the molecule is CC(C)(C)[C@H](c1cc(-c2cc(F)ccc2F)cn1Cc1ccccc1)N(CC[C@H](N)C(=O)NCCCC(=O)[C@@H](CCC(=O)O)NC(=O)CN1C(=O)C=CC1=O)C(=O)CO. The van der Waals surface area contributed by atoms with Crippen molar-refractivity contribution >= 4 is 41.3 Å². The van der Waals surface area contributed by atoms with Crippen LogP contribution in [0, 0.1) is 17.0 Å². The van der Waals surface area contributed by atoms with Gasteiger partial charge in [0.25, 0.3) is 11.8 Å². The van der Waals surface area contributed by atoms with Crippen LogP contribution in [0.3, 0.4) is 0 Å². The van der Waals surface area contributed by atoms with Gasteiger partial charge in [-0.05, 0) is 54.5 Å². The fourth-order valence-corrected chi connectivity index (χ4v) is 6.84. The Morgan fingerprint density at radius 1 is 0.932 bits per heavy atom. The molecule has 17 heteroatoms. The van der Waals surface area contributed by atoms with E-state index in [1.54, 1.807) is 12.3 Å². The molecule has 3 aromatic rings. The molecular weight excluding hydrogens is 770 g/mol. The number of rotatable bonds is 21. The second kappa shape index (κ2) is 20.6. The third kappa shape index (κ3) is 12.7. The molecule has 316 valence electrons. The number of hydrogen-bond acceptors (Lipinski definition) is 9. The number of benzene rings is 2. The molecule has 59 heavy (non-hydrogen) atoms. The molecule has 1 aliphatic rings. The first-order chi connectivity index (χ1) is 27.9.